The van der Waals surface area contributed by atoms with Crippen molar-refractivity contribution in [1.29, 1.82) is 0 Å². The molecule has 2 rings (SSSR count). The van der Waals surface area contributed by atoms with Crippen LogP contribution >= 0.6 is 11.6 Å². The highest BCUT2D eigenvalue weighted by Crippen LogP contribution is 2.40. The number of halogens is 1. The number of hydrogen-bond acceptors (Lipinski definition) is 4. The Bertz CT molecular complexity index is 352. The first-order chi connectivity index (χ1) is 6.65. The summed E-state index contributed by atoms with van der Waals surface area (Å²) in [4.78, 5) is 8.10. The molecule has 14 heavy (non-hydrogen) atoms. The van der Waals surface area contributed by atoms with E-state index in [1.54, 1.807) is 0 Å². The lowest BCUT2D eigenvalue weighted by Gasteiger charge is -2.37. The molecule has 1 aliphatic carbocycles. The summed E-state index contributed by atoms with van der Waals surface area (Å²) in [7, 11) is 1.52. The fraction of sp³-hybridized carbons (Fsp3) is 0.556. The maximum Gasteiger partial charge on any atom is 0.316 e. The van der Waals surface area contributed by atoms with Crippen molar-refractivity contribution in [3.8, 4) is 6.01 Å². The van der Waals surface area contributed by atoms with Crippen LogP contribution in [0.4, 0.5) is 0 Å². The lowest BCUT2D eigenvalue weighted by molar-refractivity contribution is 0.242. The molecule has 1 saturated carbocycles. The molecule has 5 heteroatoms. The number of rotatable bonds is 2. The molecule has 0 bridgehead atoms. The van der Waals surface area contributed by atoms with Crippen LogP contribution in [0.5, 0.6) is 6.01 Å². The van der Waals surface area contributed by atoms with Crippen molar-refractivity contribution < 1.29 is 4.74 Å². The van der Waals surface area contributed by atoms with Gasteiger partial charge in [0.15, 0.2) is 0 Å². The monoisotopic (exact) mass is 213 g/mol. The molecule has 0 spiro atoms. The molecule has 0 unspecified atom stereocenters. The van der Waals surface area contributed by atoms with E-state index in [4.69, 9.17) is 22.1 Å². The zero-order chi connectivity index (χ0) is 10.2. The first-order valence-corrected chi connectivity index (χ1v) is 4.89. The molecular formula is C9H12ClN3O. The quantitative estimate of drug-likeness (QED) is 0.809. The van der Waals surface area contributed by atoms with Crippen LogP contribution in [0.2, 0.25) is 5.02 Å². The Balaban J connectivity index is 2.40. The second-order valence-corrected chi connectivity index (χ2v) is 3.97. The summed E-state index contributed by atoms with van der Waals surface area (Å²) in [6.07, 6.45) is 4.51. The first kappa shape index (κ1) is 9.68. The predicted molar refractivity (Wildman–Crippen MR) is 53.3 cm³/mol. The molecule has 0 aromatic carbocycles. The van der Waals surface area contributed by atoms with Crippen LogP contribution in [-0.2, 0) is 5.54 Å². The number of methoxy groups -OCH3 is 1. The van der Waals surface area contributed by atoms with E-state index in [0.29, 0.717) is 16.7 Å². The molecule has 4 nitrogen and oxygen atoms in total. The van der Waals surface area contributed by atoms with Gasteiger partial charge in [0.25, 0.3) is 0 Å². The Kier molecular flexibility index (Phi) is 2.33. The summed E-state index contributed by atoms with van der Waals surface area (Å²) in [6.45, 7) is 0. The van der Waals surface area contributed by atoms with Crippen molar-refractivity contribution in [2.45, 2.75) is 24.8 Å². The van der Waals surface area contributed by atoms with Gasteiger partial charge < -0.3 is 10.5 Å². The van der Waals surface area contributed by atoms with Gasteiger partial charge in [-0.25, -0.2) is 4.98 Å². The van der Waals surface area contributed by atoms with E-state index in [1.165, 1.54) is 13.3 Å². The predicted octanol–water partition coefficient (Wildman–Crippen LogP) is 1.48. The third-order valence-corrected chi connectivity index (χ3v) is 2.90. The van der Waals surface area contributed by atoms with Crippen LogP contribution in [0.15, 0.2) is 6.20 Å². The minimum Gasteiger partial charge on any atom is -0.467 e. The van der Waals surface area contributed by atoms with Crippen molar-refractivity contribution in [3.63, 3.8) is 0 Å². The number of nitrogens with two attached hydrogens (primary N) is 1. The van der Waals surface area contributed by atoms with Crippen LogP contribution in [-0.4, -0.2) is 17.1 Å². The fourth-order valence-electron chi connectivity index (χ4n) is 1.59. The lowest BCUT2D eigenvalue weighted by Crippen LogP contribution is -2.44. The zero-order valence-corrected chi connectivity index (χ0v) is 8.71. The number of hydrogen-bond donors (Lipinski definition) is 1. The van der Waals surface area contributed by atoms with Crippen molar-refractivity contribution in [2.75, 3.05) is 7.11 Å². The highest BCUT2D eigenvalue weighted by Gasteiger charge is 2.38. The largest absolute Gasteiger partial charge is 0.467 e. The third kappa shape index (κ3) is 1.44. The van der Waals surface area contributed by atoms with Crippen LogP contribution in [0.25, 0.3) is 0 Å². The SMILES string of the molecule is COc1ncc(Cl)c(C2(N)CCC2)n1. The molecule has 0 aliphatic heterocycles. The summed E-state index contributed by atoms with van der Waals surface area (Å²) in [5.41, 5.74) is 6.46. The Morgan fingerprint density at radius 3 is 2.79 bits per heavy atom. The van der Waals surface area contributed by atoms with Crippen molar-refractivity contribution in [2.24, 2.45) is 5.73 Å². The van der Waals surface area contributed by atoms with E-state index >= 15 is 0 Å². The van der Waals surface area contributed by atoms with Gasteiger partial charge in [0.05, 0.1) is 29.6 Å². The lowest BCUT2D eigenvalue weighted by atomic mass is 9.75. The molecule has 1 aromatic heterocycles. The summed E-state index contributed by atoms with van der Waals surface area (Å²) < 4.78 is 4.94. The Morgan fingerprint density at radius 2 is 2.29 bits per heavy atom. The van der Waals surface area contributed by atoms with Crippen molar-refractivity contribution >= 4 is 11.6 Å². The maximum absolute atomic E-state index is 6.12. The summed E-state index contributed by atoms with van der Waals surface area (Å²) in [5.74, 6) is 0. The van der Waals surface area contributed by atoms with Crippen molar-refractivity contribution in [1.82, 2.24) is 9.97 Å². The van der Waals surface area contributed by atoms with E-state index < -0.39 is 0 Å². The molecule has 1 fully saturated rings. The average molecular weight is 214 g/mol. The van der Waals surface area contributed by atoms with Gasteiger partial charge in [-0.1, -0.05) is 11.6 Å². The van der Waals surface area contributed by atoms with E-state index in [0.717, 1.165) is 19.3 Å². The standard InChI is InChI=1S/C9H12ClN3O/c1-14-8-12-5-6(10)7(13-8)9(11)3-2-4-9/h5H,2-4,11H2,1H3. The third-order valence-electron chi connectivity index (χ3n) is 2.62. The molecule has 0 amide bonds. The maximum atomic E-state index is 6.12. The van der Waals surface area contributed by atoms with Gasteiger partial charge in [0.2, 0.25) is 0 Å². The van der Waals surface area contributed by atoms with E-state index in [9.17, 15) is 0 Å². The normalized spacial score (nSPS) is 18.8. The highest BCUT2D eigenvalue weighted by atomic mass is 35.5. The van der Waals surface area contributed by atoms with Gasteiger partial charge in [0.1, 0.15) is 0 Å². The van der Waals surface area contributed by atoms with E-state index in [-0.39, 0.29) is 5.54 Å². The fourth-order valence-corrected chi connectivity index (χ4v) is 1.87. The molecule has 1 aromatic rings. The molecular weight excluding hydrogens is 202 g/mol. The smallest absolute Gasteiger partial charge is 0.316 e. The molecule has 1 heterocycles. The molecule has 76 valence electrons. The minimum atomic E-state index is -0.368. The Labute approximate surface area is 87.4 Å². The van der Waals surface area contributed by atoms with Crippen LogP contribution in [0, 0.1) is 0 Å². The van der Waals surface area contributed by atoms with Gasteiger partial charge in [-0.3, -0.25) is 0 Å². The van der Waals surface area contributed by atoms with Gasteiger partial charge >= 0.3 is 6.01 Å². The topological polar surface area (TPSA) is 61.0 Å². The van der Waals surface area contributed by atoms with Gasteiger partial charge in [-0.15, -0.1) is 0 Å². The Morgan fingerprint density at radius 1 is 1.57 bits per heavy atom. The van der Waals surface area contributed by atoms with E-state index in [1.807, 2.05) is 0 Å². The number of aromatic nitrogens is 2. The first-order valence-electron chi connectivity index (χ1n) is 4.51. The second-order valence-electron chi connectivity index (χ2n) is 3.56. The van der Waals surface area contributed by atoms with Gasteiger partial charge in [0, 0.05) is 0 Å². The highest BCUT2D eigenvalue weighted by molar-refractivity contribution is 6.31. The van der Waals surface area contributed by atoms with Gasteiger partial charge in [-0.05, 0) is 19.3 Å². The Hall–Kier alpha value is -0.870. The van der Waals surface area contributed by atoms with Crippen molar-refractivity contribution in [3.05, 3.63) is 16.9 Å². The summed E-state index contributed by atoms with van der Waals surface area (Å²) in [6, 6.07) is 0.320. The number of nitrogens with zero attached hydrogens (tertiary/aromatic N) is 2. The molecule has 0 saturated heterocycles. The van der Waals surface area contributed by atoms with Crippen LogP contribution < -0.4 is 10.5 Å². The van der Waals surface area contributed by atoms with Gasteiger partial charge in [-0.2, -0.15) is 4.98 Å². The molecule has 2 N–H and O–H groups in total. The van der Waals surface area contributed by atoms with Crippen LogP contribution in [0.1, 0.15) is 25.0 Å². The summed E-state index contributed by atoms with van der Waals surface area (Å²) >= 11 is 5.99. The molecule has 1 aliphatic rings. The molecule has 0 atom stereocenters. The minimum absolute atomic E-state index is 0.320. The average Bonchev–Trinajstić information content (AvgIpc) is 2.15. The zero-order valence-electron chi connectivity index (χ0n) is 7.96. The van der Waals surface area contributed by atoms with Crippen LogP contribution in [0.3, 0.4) is 0 Å². The number of ether oxygens (including phenoxy) is 1. The van der Waals surface area contributed by atoms with E-state index in [2.05, 4.69) is 9.97 Å². The molecule has 0 radical (unpaired) electrons. The summed E-state index contributed by atoms with van der Waals surface area (Å²) in [5, 5.41) is 0.521. The second kappa shape index (κ2) is 3.37.